The van der Waals surface area contributed by atoms with Crippen LogP contribution in [0.2, 0.25) is 0 Å². The van der Waals surface area contributed by atoms with E-state index in [1.165, 1.54) is 0 Å². The first kappa shape index (κ1) is 15.1. The van der Waals surface area contributed by atoms with Crippen molar-refractivity contribution in [2.75, 3.05) is 12.4 Å². The first-order valence-corrected chi connectivity index (χ1v) is 7.85. The summed E-state index contributed by atoms with van der Waals surface area (Å²) >= 11 is 6.77. The minimum atomic E-state index is -0.136. The second-order valence-electron chi connectivity index (χ2n) is 4.13. The number of hydrogen-bond acceptors (Lipinski definition) is 2. The Morgan fingerprint density at radius 2 is 1.90 bits per heavy atom. The van der Waals surface area contributed by atoms with Gasteiger partial charge in [0.2, 0.25) is 0 Å². The third kappa shape index (κ3) is 3.61. The van der Waals surface area contributed by atoms with Crippen molar-refractivity contribution in [2.45, 2.75) is 5.33 Å². The van der Waals surface area contributed by atoms with E-state index in [4.69, 9.17) is 4.74 Å². The highest BCUT2D eigenvalue weighted by atomic mass is 79.9. The molecule has 2 aromatic carbocycles. The fraction of sp³-hybridized carbons (Fsp3) is 0.133. The molecule has 1 N–H and O–H groups in total. The van der Waals surface area contributed by atoms with Gasteiger partial charge in [0, 0.05) is 16.6 Å². The average molecular weight is 399 g/mol. The van der Waals surface area contributed by atoms with Crippen LogP contribution in [-0.2, 0) is 5.33 Å². The zero-order valence-electron chi connectivity index (χ0n) is 10.8. The van der Waals surface area contributed by atoms with Crippen LogP contribution in [0.3, 0.4) is 0 Å². The number of alkyl halides is 1. The second kappa shape index (κ2) is 6.90. The molecular weight excluding hydrogens is 386 g/mol. The predicted octanol–water partition coefficient (Wildman–Crippen LogP) is 4.60. The van der Waals surface area contributed by atoms with Crippen molar-refractivity contribution in [2.24, 2.45) is 0 Å². The molecule has 2 aromatic rings. The van der Waals surface area contributed by atoms with Crippen molar-refractivity contribution in [3.8, 4) is 5.75 Å². The Hall–Kier alpha value is -1.33. The van der Waals surface area contributed by atoms with Crippen LogP contribution in [0.4, 0.5) is 5.69 Å². The van der Waals surface area contributed by atoms with Gasteiger partial charge in [-0.25, -0.2) is 0 Å². The Morgan fingerprint density at radius 1 is 1.20 bits per heavy atom. The maximum absolute atomic E-state index is 12.1. The molecule has 0 fully saturated rings. The number of methoxy groups -OCH3 is 1. The SMILES string of the molecule is COc1ccc(NC(=O)c2ccc(CBr)cc2)cc1Br. The smallest absolute Gasteiger partial charge is 0.255 e. The summed E-state index contributed by atoms with van der Waals surface area (Å²) in [7, 11) is 1.60. The molecule has 0 radical (unpaired) electrons. The summed E-state index contributed by atoms with van der Waals surface area (Å²) in [5, 5.41) is 3.63. The average Bonchev–Trinajstić information content (AvgIpc) is 2.47. The molecule has 0 atom stereocenters. The van der Waals surface area contributed by atoms with Gasteiger partial charge in [-0.05, 0) is 51.8 Å². The number of ether oxygens (including phenoxy) is 1. The Balaban J connectivity index is 2.12. The van der Waals surface area contributed by atoms with Crippen molar-refractivity contribution in [1.82, 2.24) is 0 Å². The van der Waals surface area contributed by atoms with Crippen molar-refractivity contribution in [1.29, 1.82) is 0 Å². The highest BCUT2D eigenvalue weighted by Gasteiger charge is 2.07. The normalized spacial score (nSPS) is 10.2. The van der Waals surface area contributed by atoms with Crippen molar-refractivity contribution >= 4 is 43.5 Å². The number of rotatable bonds is 4. The van der Waals surface area contributed by atoms with Gasteiger partial charge in [-0.15, -0.1) is 0 Å². The second-order valence-corrected chi connectivity index (χ2v) is 5.55. The van der Waals surface area contributed by atoms with E-state index in [9.17, 15) is 4.79 Å². The van der Waals surface area contributed by atoms with Crippen LogP contribution >= 0.6 is 31.9 Å². The van der Waals surface area contributed by atoms with E-state index in [1.54, 1.807) is 19.2 Å². The summed E-state index contributed by atoms with van der Waals surface area (Å²) in [6, 6.07) is 12.9. The van der Waals surface area contributed by atoms with Gasteiger partial charge in [0.05, 0.1) is 11.6 Å². The van der Waals surface area contributed by atoms with Gasteiger partial charge in [0.25, 0.3) is 5.91 Å². The summed E-state index contributed by atoms with van der Waals surface area (Å²) < 4.78 is 5.95. The highest BCUT2D eigenvalue weighted by molar-refractivity contribution is 9.10. The molecule has 1 amide bonds. The standard InChI is InChI=1S/C15H13Br2NO2/c1-20-14-7-6-12(8-13(14)17)18-15(19)11-4-2-10(9-16)3-5-11/h2-8H,9H2,1H3,(H,18,19). The minimum absolute atomic E-state index is 0.136. The fourth-order valence-corrected chi connectivity index (χ4v) is 2.61. The Morgan fingerprint density at radius 3 is 2.45 bits per heavy atom. The lowest BCUT2D eigenvalue weighted by molar-refractivity contribution is 0.102. The molecule has 0 saturated heterocycles. The summed E-state index contributed by atoms with van der Waals surface area (Å²) in [5.41, 5.74) is 2.47. The van der Waals surface area contributed by atoms with E-state index in [1.807, 2.05) is 30.3 Å². The van der Waals surface area contributed by atoms with Crippen LogP contribution in [0.15, 0.2) is 46.9 Å². The van der Waals surface area contributed by atoms with Crippen molar-refractivity contribution < 1.29 is 9.53 Å². The topological polar surface area (TPSA) is 38.3 Å². The number of amides is 1. The van der Waals surface area contributed by atoms with Gasteiger partial charge < -0.3 is 10.1 Å². The van der Waals surface area contributed by atoms with E-state index >= 15 is 0 Å². The lowest BCUT2D eigenvalue weighted by Gasteiger charge is -2.08. The first-order valence-electron chi connectivity index (χ1n) is 5.94. The lowest BCUT2D eigenvalue weighted by Crippen LogP contribution is -2.11. The first-order chi connectivity index (χ1) is 9.63. The van der Waals surface area contributed by atoms with E-state index < -0.39 is 0 Å². The zero-order valence-corrected chi connectivity index (χ0v) is 14.0. The Labute approximate surface area is 134 Å². The molecule has 0 spiro atoms. The van der Waals surface area contributed by atoms with Crippen LogP contribution in [-0.4, -0.2) is 13.0 Å². The molecule has 0 aliphatic carbocycles. The lowest BCUT2D eigenvalue weighted by atomic mass is 10.1. The number of anilines is 1. The Kier molecular flexibility index (Phi) is 5.20. The van der Waals surface area contributed by atoms with Crippen molar-refractivity contribution in [3.63, 3.8) is 0 Å². The molecule has 104 valence electrons. The molecule has 3 nitrogen and oxygen atoms in total. The molecule has 0 unspecified atom stereocenters. The third-order valence-electron chi connectivity index (χ3n) is 2.78. The number of nitrogens with one attached hydrogen (secondary N) is 1. The van der Waals surface area contributed by atoms with Crippen LogP contribution in [0, 0.1) is 0 Å². The van der Waals surface area contributed by atoms with Gasteiger partial charge in [0.1, 0.15) is 5.75 Å². The van der Waals surface area contributed by atoms with E-state index in [2.05, 4.69) is 37.2 Å². The largest absolute Gasteiger partial charge is 0.496 e. The van der Waals surface area contributed by atoms with Crippen LogP contribution in [0.25, 0.3) is 0 Å². The molecule has 0 aromatic heterocycles. The zero-order chi connectivity index (χ0) is 14.5. The molecule has 0 aliphatic heterocycles. The van der Waals surface area contributed by atoms with E-state index in [-0.39, 0.29) is 5.91 Å². The minimum Gasteiger partial charge on any atom is -0.496 e. The van der Waals surface area contributed by atoms with Crippen LogP contribution < -0.4 is 10.1 Å². The van der Waals surface area contributed by atoms with E-state index in [0.29, 0.717) is 11.3 Å². The molecule has 0 bridgehead atoms. The van der Waals surface area contributed by atoms with Crippen LogP contribution in [0.1, 0.15) is 15.9 Å². The molecular formula is C15H13Br2NO2. The van der Waals surface area contributed by atoms with Crippen LogP contribution in [0.5, 0.6) is 5.75 Å². The fourth-order valence-electron chi connectivity index (χ4n) is 1.69. The molecule has 20 heavy (non-hydrogen) atoms. The quantitative estimate of drug-likeness (QED) is 0.764. The number of carbonyl (C=O) groups excluding carboxylic acids is 1. The van der Waals surface area contributed by atoms with Crippen molar-refractivity contribution in [3.05, 3.63) is 58.1 Å². The molecule has 2 rings (SSSR count). The summed E-state index contributed by atoms with van der Waals surface area (Å²) in [5.74, 6) is 0.591. The highest BCUT2D eigenvalue weighted by Crippen LogP contribution is 2.27. The number of hydrogen-bond donors (Lipinski definition) is 1. The Bertz CT molecular complexity index is 612. The van der Waals surface area contributed by atoms with Gasteiger partial charge >= 0.3 is 0 Å². The monoisotopic (exact) mass is 397 g/mol. The molecule has 0 aliphatic rings. The predicted molar refractivity (Wildman–Crippen MR) is 87.7 cm³/mol. The maximum atomic E-state index is 12.1. The number of carbonyl (C=O) groups is 1. The van der Waals surface area contributed by atoms with Gasteiger partial charge in [-0.2, -0.15) is 0 Å². The summed E-state index contributed by atoms with van der Waals surface area (Å²) in [6.45, 7) is 0. The van der Waals surface area contributed by atoms with Gasteiger partial charge in [-0.1, -0.05) is 28.1 Å². The van der Waals surface area contributed by atoms with Gasteiger partial charge in [-0.3, -0.25) is 4.79 Å². The maximum Gasteiger partial charge on any atom is 0.255 e. The number of halogens is 2. The summed E-state index contributed by atoms with van der Waals surface area (Å²) in [6.07, 6.45) is 0. The molecule has 0 heterocycles. The van der Waals surface area contributed by atoms with Gasteiger partial charge in [0.15, 0.2) is 0 Å². The van der Waals surface area contributed by atoms with E-state index in [0.717, 1.165) is 21.1 Å². The summed E-state index contributed by atoms with van der Waals surface area (Å²) in [4.78, 5) is 12.1. The molecule has 0 saturated carbocycles. The number of benzene rings is 2. The third-order valence-corrected chi connectivity index (χ3v) is 4.05. The molecule has 5 heteroatoms.